The second-order valence-electron chi connectivity index (χ2n) is 6.34. The van der Waals surface area contributed by atoms with Crippen molar-refractivity contribution in [3.05, 3.63) is 59.2 Å². The zero-order valence-corrected chi connectivity index (χ0v) is 16.9. The average Bonchev–Trinajstić information content (AvgIpc) is 2.66. The lowest BCUT2D eigenvalue weighted by atomic mass is 10.1. The van der Waals surface area contributed by atoms with Crippen molar-refractivity contribution in [1.29, 1.82) is 0 Å². The molecule has 3 N–H and O–H groups in total. The summed E-state index contributed by atoms with van der Waals surface area (Å²) in [5.74, 6) is -0.577. The molecule has 0 aliphatic rings. The van der Waals surface area contributed by atoms with Crippen LogP contribution in [0.2, 0.25) is 0 Å². The van der Waals surface area contributed by atoms with Crippen LogP contribution in [0.4, 0.5) is 5.69 Å². The van der Waals surface area contributed by atoms with Crippen LogP contribution >= 0.6 is 0 Å². The number of primary amides is 1. The Hall–Kier alpha value is -3.07. The molecule has 8 nitrogen and oxygen atoms in total. The highest BCUT2D eigenvalue weighted by Crippen LogP contribution is 2.22. The van der Waals surface area contributed by atoms with Gasteiger partial charge in [-0.05, 0) is 42.8 Å². The molecule has 0 spiro atoms. The molecule has 28 heavy (non-hydrogen) atoms. The van der Waals surface area contributed by atoms with Crippen LogP contribution in [0.15, 0.2) is 42.5 Å². The Labute approximate surface area is 164 Å². The van der Waals surface area contributed by atoms with Gasteiger partial charge in [0, 0.05) is 18.2 Å². The molecule has 0 fully saturated rings. The topological polar surface area (TPSA) is 119 Å². The van der Waals surface area contributed by atoms with Gasteiger partial charge in [-0.1, -0.05) is 12.1 Å². The van der Waals surface area contributed by atoms with Crippen LogP contribution in [0.3, 0.4) is 0 Å². The van der Waals surface area contributed by atoms with Crippen LogP contribution in [0.5, 0.6) is 5.75 Å². The Morgan fingerprint density at radius 3 is 2.36 bits per heavy atom. The maximum atomic E-state index is 12.7. The molecule has 0 aliphatic heterocycles. The van der Waals surface area contributed by atoms with Gasteiger partial charge in [0.25, 0.3) is 5.91 Å². The Bertz CT molecular complexity index is 1000. The molecule has 2 rings (SSSR count). The number of amides is 2. The van der Waals surface area contributed by atoms with Gasteiger partial charge in [-0.15, -0.1) is 0 Å². The third kappa shape index (κ3) is 5.01. The Balaban J connectivity index is 2.35. The molecule has 9 heteroatoms. The lowest BCUT2D eigenvalue weighted by Gasteiger charge is -2.19. The number of hydrogen-bond donors (Lipinski definition) is 2. The van der Waals surface area contributed by atoms with E-state index < -0.39 is 21.8 Å². The SMILES string of the molecule is COc1cccc([C@@H](C)NC(=O)c2cc(C(N)=O)cc(N(C)S(C)(=O)=O)c2)c1. The first-order chi connectivity index (χ1) is 13.0. The van der Waals surface area contributed by atoms with Crippen LogP contribution < -0.4 is 20.1 Å². The fraction of sp³-hybridized carbons (Fsp3) is 0.263. The van der Waals surface area contributed by atoms with Gasteiger partial charge < -0.3 is 15.8 Å². The molecule has 2 aromatic carbocycles. The number of carbonyl (C=O) groups excluding carboxylic acids is 2. The number of nitrogens with zero attached hydrogens (tertiary/aromatic N) is 1. The first-order valence-corrected chi connectivity index (χ1v) is 10.2. The van der Waals surface area contributed by atoms with Gasteiger partial charge in [0.05, 0.1) is 25.1 Å². The van der Waals surface area contributed by atoms with E-state index in [1.54, 1.807) is 26.2 Å². The zero-order chi connectivity index (χ0) is 21.1. The Morgan fingerprint density at radius 2 is 1.79 bits per heavy atom. The third-order valence-electron chi connectivity index (χ3n) is 4.27. The van der Waals surface area contributed by atoms with Gasteiger partial charge in [-0.3, -0.25) is 13.9 Å². The number of anilines is 1. The maximum absolute atomic E-state index is 12.7. The van der Waals surface area contributed by atoms with E-state index in [9.17, 15) is 18.0 Å². The molecule has 2 amide bonds. The van der Waals surface area contributed by atoms with Crippen molar-refractivity contribution in [2.75, 3.05) is 24.7 Å². The second kappa shape index (κ2) is 8.30. The van der Waals surface area contributed by atoms with Crippen molar-refractivity contribution in [3.8, 4) is 5.75 Å². The lowest BCUT2D eigenvalue weighted by molar-refractivity contribution is 0.0939. The van der Waals surface area contributed by atoms with Crippen LogP contribution in [-0.2, 0) is 10.0 Å². The smallest absolute Gasteiger partial charge is 0.251 e. The number of carbonyl (C=O) groups is 2. The van der Waals surface area contributed by atoms with E-state index in [0.717, 1.165) is 16.1 Å². The standard InChI is InChI=1S/C19H23N3O5S/c1-12(13-6-5-7-17(11-13)27-3)21-19(24)15-8-14(18(20)23)9-16(10-15)22(2)28(4,25)26/h5-12H,1-4H3,(H2,20,23)(H,21,24)/t12-/m1/s1. The minimum absolute atomic E-state index is 0.0344. The molecule has 0 saturated heterocycles. The summed E-state index contributed by atoms with van der Waals surface area (Å²) in [6.45, 7) is 1.80. The monoisotopic (exact) mass is 405 g/mol. The molecule has 0 heterocycles. The highest BCUT2D eigenvalue weighted by molar-refractivity contribution is 7.92. The van der Waals surface area contributed by atoms with E-state index >= 15 is 0 Å². The average molecular weight is 405 g/mol. The van der Waals surface area contributed by atoms with Crippen molar-refractivity contribution in [2.45, 2.75) is 13.0 Å². The summed E-state index contributed by atoms with van der Waals surface area (Å²) >= 11 is 0. The van der Waals surface area contributed by atoms with Gasteiger partial charge in [-0.25, -0.2) is 8.42 Å². The number of nitrogens with two attached hydrogens (primary N) is 1. The normalized spacial score (nSPS) is 12.1. The third-order valence-corrected chi connectivity index (χ3v) is 5.47. The van der Waals surface area contributed by atoms with E-state index in [2.05, 4.69) is 5.32 Å². The second-order valence-corrected chi connectivity index (χ2v) is 8.35. The fourth-order valence-corrected chi connectivity index (χ4v) is 3.02. The van der Waals surface area contributed by atoms with Crippen LogP contribution in [0, 0.1) is 0 Å². The summed E-state index contributed by atoms with van der Waals surface area (Å²) in [4.78, 5) is 24.3. The summed E-state index contributed by atoms with van der Waals surface area (Å²) in [5.41, 5.74) is 6.48. The molecule has 0 aliphatic carbocycles. The molecule has 2 aromatic rings. The highest BCUT2D eigenvalue weighted by atomic mass is 32.2. The first kappa shape index (κ1) is 21.2. The van der Waals surface area contributed by atoms with Gasteiger partial charge in [0.1, 0.15) is 5.75 Å². The summed E-state index contributed by atoms with van der Waals surface area (Å²) in [6.07, 6.45) is 1.02. The zero-order valence-electron chi connectivity index (χ0n) is 16.1. The summed E-state index contributed by atoms with van der Waals surface area (Å²) in [5, 5.41) is 2.82. The lowest BCUT2D eigenvalue weighted by Crippen LogP contribution is -2.29. The van der Waals surface area contributed by atoms with Gasteiger partial charge in [-0.2, -0.15) is 0 Å². The van der Waals surface area contributed by atoms with Crippen LogP contribution in [-0.4, -0.2) is 40.6 Å². The van der Waals surface area contributed by atoms with E-state index in [-0.39, 0.29) is 22.9 Å². The number of ether oxygens (including phenoxy) is 1. The predicted molar refractivity (Wildman–Crippen MR) is 107 cm³/mol. The van der Waals surface area contributed by atoms with E-state index in [0.29, 0.717) is 5.75 Å². The molecule has 0 bridgehead atoms. The minimum atomic E-state index is -3.58. The summed E-state index contributed by atoms with van der Waals surface area (Å²) in [6, 6.07) is 10.9. The quantitative estimate of drug-likeness (QED) is 0.726. The van der Waals surface area contributed by atoms with E-state index in [1.807, 2.05) is 12.1 Å². The molecular formula is C19H23N3O5S. The molecular weight excluding hydrogens is 382 g/mol. The Kier molecular flexibility index (Phi) is 6.30. The predicted octanol–water partition coefficient (Wildman–Crippen LogP) is 1.68. The largest absolute Gasteiger partial charge is 0.497 e. The van der Waals surface area contributed by atoms with Gasteiger partial charge >= 0.3 is 0 Å². The van der Waals surface area contributed by atoms with Crippen molar-refractivity contribution < 1.29 is 22.7 Å². The molecule has 1 atom stereocenters. The number of nitrogens with one attached hydrogen (secondary N) is 1. The number of hydrogen-bond acceptors (Lipinski definition) is 5. The number of benzene rings is 2. The summed E-state index contributed by atoms with van der Waals surface area (Å²) < 4.78 is 29.8. The van der Waals surface area contributed by atoms with Gasteiger partial charge in [0.2, 0.25) is 15.9 Å². The Morgan fingerprint density at radius 1 is 1.14 bits per heavy atom. The number of sulfonamides is 1. The minimum Gasteiger partial charge on any atom is -0.497 e. The van der Waals surface area contributed by atoms with Crippen molar-refractivity contribution in [1.82, 2.24) is 5.32 Å². The van der Waals surface area contributed by atoms with Crippen LogP contribution in [0.1, 0.15) is 39.2 Å². The number of rotatable bonds is 7. The van der Waals surface area contributed by atoms with Crippen molar-refractivity contribution in [3.63, 3.8) is 0 Å². The molecule has 150 valence electrons. The maximum Gasteiger partial charge on any atom is 0.251 e. The molecule has 0 aromatic heterocycles. The van der Waals surface area contributed by atoms with Crippen LogP contribution in [0.25, 0.3) is 0 Å². The van der Waals surface area contributed by atoms with Gasteiger partial charge in [0.15, 0.2) is 0 Å². The van der Waals surface area contributed by atoms with Crippen molar-refractivity contribution >= 4 is 27.5 Å². The van der Waals surface area contributed by atoms with Crippen molar-refractivity contribution in [2.24, 2.45) is 5.73 Å². The number of methoxy groups -OCH3 is 1. The first-order valence-electron chi connectivity index (χ1n) is 8.36. The fourth-order valence-electron chi connectivity index (χ4n) is 2.53. The van der Waals surface area contributed by atoms with E-state index in [4.69, 9.17) is 10.5 Å². The molecule has 0 saturated carbocycles. The summed E-state index contributed by atoms with van der Waals surface area (Å²) in [7, 11) is -0.696. The highest BCUT2D eigenvalue weighted by Gasteiger charge is 2.19. The van der Waals surface area contributed by atoms with E-state index in [1.165, 1.54) is 25.2 Å². The molecule has 0 radical (unpaired) electrons. The molecule has 0 unspecified atom stereocenters.